The van der Waals surface area contributed by atoms with Crippen molar-refractivity contribution in [3.05, 3.63) is 23.0 Å². The maximum atomic E-state index is 10.8. The average molecular weight is 204 g/mol. The average Bonchev–Trinajstić information content (AvgIpc) is 2.55. The van der Waals surface area contributed by atoms with Gasteiger partial charge in [0.15, 0.2) is 0 Å². The molecular formula is C10H12N4O. The molecular weight excluding hydrogens is 192 g/mol. The van der Waals surface area contributed by atoms with Gasteiger partial charge >= 0.3 is 0 Å². The van der Waals surface area contributed by atoms with Crippen molar-refractivity contribution in [1.82, 2.24) is 9.78 Å². The summed E-state index contributed by atoms with van der Waals surface area (Å²) in [7, 11) is 0. The number of aromatic nitrogens is 2. The molecule has 15 heavy (non-hydrogen) atoms. The van der Waals surface area contributed by atoms with Crippen molar-refractivity contribution < 1.29 is 4.79 Å². The van der Waals surface area contributed by atoms with Crippen LogP contribution in [0, 0.1) is 18.3 Å². The zero-order valence-electron chi connectivity index (χ0n) is 8.69. The Hall–Kier alpha value is -2.09. The highest BCUT2D eigenvalue weighted by Gasteiger charge is 2.07. The summed E-state index contributed by atoms with van der Waals surface area (Å²) in [6.07, 6.45) is 3.07. The highest BCUT2D eigenvalue weighted by Crippen LogP contribution is 2.11. The second-order valence-corrected chi connectivity index (χ2v) is 3.04. The highest BCUT2D eigenvalue weighted by molar-refractivity contribution is 6.00. The van der Waals surface area contributed by atoms with Gasteiger partial charge in [-0.05, 0) is 19.9 Å². The van der Waals surface area contributed by atoms with E-state index in [0.29, 0.717) is 0 Å². The Morgan fingerprint density at radius 2 is 2.47 bits per heavy atom. The van der Waals surface area contributed by atoms with E-state index >= 15 is 0 Å². The first-order valence-corrected chi connectivity index (χ1v) is 4.54. The van der Waals surface area contributed by atoms with Gasteiger partial charge in [0.25, 0.3) is 5.91 Å². The van der Waals surface area contributed by atoms with Crippen LogP contribution < -0.4 is 5.73 Å². The monoisotopic (exact) mass is 204 g/mol. The molecule has 0 radical (unpaired) electrons. The lowest BCUT2D eigenvalue weighted by Gasteiger charge is -1.98. The van der Waals surface area contributed by atoms with Crippen LogP contribution in [-0.2, 0) is 11.3 Å². The summed E-state index contributed by atoms with van der Waals surface area (Å²) in [6.45, 7) is 4.59. The van der Waals surface area contributed by atoms with Gasteiger partial charge in [0.05, 0.1) is 6.20 Å². The van der Waals surface area contributed by atoms with Gasteiger partial charge in [-0.15, -0.1) is 0 Å². The molecule has 0 saturated carbocycles. The molecule has 1 heterocycles. The second kappa shape index (κ2) is 4.42. The van der Waals surface area contributed by atoms with E-state index in [1.165, 1.54) is 6.08 Å². The zero-order chi connectivity index (χ0) is 11.4. The number of primary amides is 1. The molecule has 0 bridgehead atoms. The summed E-state index contributed by atoms with van der Waals surface area (Å²) in [5.74, 6) is -0.721. The Kier molecular flexibility index (Phi) is 3.24. The van der Waals surface area contributed by atoms with E-state index in [4.69, 9.17) is 11.0 Å². The molecule has 1 aromatic heterocycles. The predicted octanol–water partition coefficient (Wildman–Crippen LogP) is 0.604. The van der Waals surface area contributed by atoms with Crippen molar-refractivity contribution in [2.24, 2.45) is 5.73 Å². The van der Waals surface area contributed by atoms with Crippen LogP contribution in [0.2, 0.25) is 0 Å². The number of carbonyl (C=O) groups excluding carboxylic acids is 1. The number of carbonyl (C=O) groups is 1. The Bertz CT molecular complexity index is 450. The van der Waals surface area contributed by atoms with Crippen molar-refractivity contribution >= 4 is 12.0 Å². The van der Waals surface area contributed by atoms with Gasteiger partial charge in [-0.1, -0.05) is 0 Å². The lowest BCUT2D eigenvalue weighted by Crippen LogP contribution is -2.12. The van der Waals surface area contributed by atoms with Crippen molar-refractivity contribution in [2.45, 2.75) is 20.4 Å². The third-order valence-corrected chi connectivity index (χ3v) is 2.13. The summed E-state index contributed by atoms with van der Waals surface area (Å²) in [5.41, 5.74) is 6.62. The minimum Gasteiger partial charge on any atom is -0.365 e. The van der Waals surface area contributed by atoms with Crippen LogP contribution in [0.25, 0.3) is 6.08 Å². The van der Waals surface area contributed by atoms with E-state index in [-0.39, 0.29) is 5.57 Å². The molecule has 0 aliphatic carbocycles. The third-order valence-electron chi connectivity index (χ3n) is 2.13. The van der Waals surface area contributed by atoms with Gasteiger partial charge in [0.1, 0.15) is 11.6 Å². The Morgan fingerprint density at radius 3 is 2.87 bits per heavy atom. The third kappa shape index (κ3) is 2.23. The van der Waals surface area contributed by atoms with Gasteiger partial charge in [0.2, 0.25) is 0 Å². The summed E-state index contributed by atoms with van der Waals surface area (Å²) in [5, 5.41) is 12.8. The number of aryl methyl sites for hydroxylation is 1. The molecule has 0 saturated heterocycles. The number of amides is 1. The van der Waals surface area contributed by atoms with Crippen LogP contribution in [0.5, 0.6) is 0 Å². The summed E-state index contributed by atoms with van der Waals surface area (Å²) in [4.78, 5) is 10.8. The molecule has 0 aliphatic heterocycles. The fourth-order valence-corrected chi connectivity index (χ4v) is 1.24. The van der Waals surface area contributed by atoms with Gasteiger partial charge in [-0.2, -0.15) is 10.4 Å². The van der Waals surface area contributed by atoms with Gasteiger partial charge in [-0.3, -0.25) is 9.48 Å². The Balaban J connectivity index is 3.13. The quantitative estimate of drug-likeness (QED) is 0.578. The first kappa shape index (κ1) is 11.0. The van der Waals surface area contributed by atoms with Crippen molar-refractivity contribution in [2.75, 3.05) is 0 Å². The molecule has 1 rings (SSSR count). The zero-order valence-corrected chi connectivity index (χ0v) is 8.69. The maximum absolute atomic E-state index is 10.8. The van der Waals surface area contributed by atoms with E-state index in [1.807, 2.05) is 13.8 Å². The Labute approximate surface area is 87.8 Å². The standard InChI is InChI=1S/C10H12N4O/c1-3-14-7(2)9(6-13-14)4-8(5-11)10(12)15/h4,6H,3H2,1-2H3,(H2,12,15). The molecule has 0 aromatic carbocycles. The molecule has 5 heteroatoms. The lowest BCUT2D eigenvalue weighted by molar-refractivity contribution is -0.114. The smallest absolute Gasteiger partial charge is 0.259 e. The number of nitrogens with zero attached hydrogens (tertiary/aromatic N) is 3. The minimum absolute atomic E-state index is 0.0613. The number of rotatable bonds is 3. The molecule has 5 nitrogen and oxygen atoms in total. The van der Waals surface area contributed by atoms with Crippen LogP contribution in [-0.4, -0.2) is 15.7 Å². The SMILES string of the molecule is CCn1ncc(C=C(C#N)C(N)=O)c1C. The summed E-state index contributed by atoms with van der Waals surface area (Å²) in [6, 6.07) is 1.75. The van der Waals surface area contributed by atoms with E-state index in [9.17, 15) is 4.79 Å². The first-order chi connectivity index (χ1) is 7.10. The van der Waals surface area contributed by atoms with Crippen molar-refractivity contribution in [1.29, 1.82) is 5.26 Å². The van der Waals surface area contributed by atoms with Gasteiger partial charge in [0, 0.05) is 17.8 Å². The van der Waals surface area contributed by atoms with E-state index in [0.717, 1.165) is 17.8 Å². The summed E-state index contributed by atoms with van der Waals surface area (Å²) < 4.78 is 1.78. The number of nitriles is 1. The molecule has 0 unspecified atom stereocenters. The Morgan fingerprint density at radius 1 is 1.80 bits per heavy atom. The fraction of sp³-hybridized carbons (Fsp3) is 0.300. The predicted molar refractivity (Wildman–Crippen MR) is 55.4 cm³/mol. The fourth-order valence-electron chi connectivity index (χ4n) is 1.24. The molecule has 1 aromatic rings. The van der Waals surface area contributed by atoms with Crippen LogP contribution in [0.15, 0.2) is 11.8 Å². The first-order valence-electron chi connectivity index (χ1n) is 4.54. The van der Waals surface area contributed by atoms with Crippen molar-refractivity contribution in [3.63, 3.8) is 0 Å². The van der Waals surface area contributed by atoms with E-state index in [2.05, 4.69) is 5.10 Å². The van der Waals surface area contributed by atoms with E-state index in [1.54, 1.807) is 16.9 Å². The molecule has 0 atom stereocenters. The molecule has 1 amide bonds. The number of hydrogen-bond acceptors (Lipinski definition) is 3. The highest BCUT2D eigenvalue weighted by atomic mass is 16.1. The van der Waals surface area contributed by atoms with Crippen LogP contribution in [0.4, 0.5) is 0 Å². The normalized spacial score (nSPS) is 11.1. The lowest BCUT2D eigenvalue weighted by atomic mass is 10.1. The molecule has 0 aliphatic rings. The molecule has 78 valence electrons. The van der Waals surface area contributed by atoms with Gasteiger partial charge < -0.3 is 5.73 Å². The van der Waals surface area contributed by atoms with Crippen LogP contribution in [0.3, 0.4) is 0 Å². The molecule has 0 fully saturated rings. The molecule has 0 spiro atoms. The number of hydrogen-bond donors (Lipinski definition) is 1. The topological polar surface area (TPSA) is 84.7 Å². The van der Waals surface area contributed by atoms with E-state index < -0.39 is 5.91 Å². The second-order valence-electron chi connectivity index (χ2n) is 3.04. The summed E-state index contributed by atoms with van der Waals surface area (Å²) >= 11 is 0. The van der Waals surface area contributed by atoms with Gasteiger partial charge in [-0.25, -0.2) is 0 Å². The van der Waals surface area contributed by atoms with Crippen LogP contribution in [0.1, 0.15) is 18.2 Å². The minimum atomic E-state index is -0.721. The molecule has 2 N–H and O–H groups in total. The van der Waals surface area contributed by atoms with Crippen LogP contribution >= 0.6 is 0 Å². The largest absolute Gasteiger partial charge is 0.365 e. The number of nitrogens with two attached hydrogens (primary N) is 1. The maximum Gasteiger partial charge on any atom is 0.259 e. The van der Waals surface area contributed by atoms with Crippen molar-refractivity contribution in [3.8, 4) is 6.07 Å².